The van der Waals surface area contributed by atoms with Crippen LogP contribution < -0.4 is 21.3 Å². The maximum atomic E-state index is 14.1. The van der Waals surface area contributed by atoms with Crippen LogP contribution in [0.5, 0.6) is 0 Å². The quantitative estimate of drug-likeness (QED) is 0.364. The molecule has 1 amide bonds. The number of imidazole rings is 1. The van der Waals surface area contributed by atoms with Crippen LogP contribution in [0.4, 0.5) is 20.5 Å². The van der Waals surface area contributed by atoms with E-state index >= 15 is 0 Å². The van der Waals surface area contributed by atoms with Gasteiger partial charge in [0.05, 0.1) is 24.2 Å². The fourth-order valence-corrected chi connectivity index (χ4v) is 5.44. The number of benzene rings is 1. The number of nitrogens with one attached hydrogen (secondary N) is 2. The van der Waals surface area contributed by atoms with E-state index in [-0.39, 0.29) is 17.8 Å². The number of ether oxygens (including phenoxy) is 1. The van der Waals surface area contributed by atoms with Gasteiger partial charge in [0.1, 0.15) is 11.6 Å². The number of morpholine rings is 1. The Morgan fingerprint density at radius 1 is 1.10 bits per heavy atom. The molecule has 12 heteroatoms. The number of nitrogens with zero attached hydrogens (tertiary/aromatic N) is 5. The first-order valence-electron chi connectivity index (χ1n) is 14.0. The normalized spacial score (nSPS) is 20.2. The second-order valence-electron chi connectivity index (χ2n) is 11.4. The number of anilines is 2. The Labute approximate surface area is 232 Å². The second-order valence-corrected chi connectivity index (χ2v) is 11.4. The first kappa shape index (κ1) is 28.2. The molecule has 2 aliphatic rings. The number of fused-ring (bicyclic) bond motifs is 1. The molecule has 5 rings (SSSR count). The summed E-state index contributed by atoms with van der Waals surface area (Å²) in [6, 6.07) is 8.96. The van der Waals surface area contributed by atoms with E-state index in [2.05, 4.69) is 25.5 Å². The summed E-state index contributed by atoms with van der Waals surface area (Å²) in [6.45, 7) is 6.79. The van der Waals surface area contributed by atoms with Gasteiger partial charge in [-0.15, -0.1) is 0 Å². The molecular weight excluding hydrogens is 518 g/mol. The van der Waals surface area contributed by atoms with Crippen molar-refractivity contribution in [2.45, 2.75) is 64.0 Å². The highest BCUT2D eigenvalue weighted by Crippen LogP contribution is 2.30. The fraction of sp³-hybridized carbons (Fsp3) is 0.571. The van der Waals surface area contributed by atoms with Crippen molar-refractivity contribution in [3.8, 4) is 5.82 Å². The number of para-hydroxylation sites is 2. The molecule has 3 aromatic rings. The topological polar surface area (TPSA) is 123 Å². The average molecular weight is 557 g/mol. The van der Waals surface area contributed by atoms with Gasteiger partial charge >= 0.3 is 0 Å². The van der Waals surface area contributed by atoms with Crippen LogP contribution in [0.1, 0.15) is 58.2 Å². The van der Waals surface area contributed by atoms with Crippen molar-refractivity contribution >= 4 is 28.7 Å². The molecule has 2 aromatic heterocycles. The van der Waals surface area contributed by atoms with Crippen molar-refractivity contribution in [1.82, 2.24) is 24.8 Å². The molecule has 1 saturated heterocycles. The Morgan fingerprint density at radius 2 is 1.80 bits per heavy atom. The second kappa shape index (κ2) is 12.0. The maximum Gasteiger partial charge on any atom is 0.296 e. The highest BCUT2D eigenvalue weighted by Gasteiger charge is 2.26. The summed E-state index contributed by atoms with van der Waals surface area (Å²) >= 11 is 0. The lowest BCUT2D eigenvalue weighted by atomic mass is 9.86. The van der Waals surface area contributed by atoms with E-state index in [0.717, 1.165) is 25.7 Å². The first-order valence-corrected chi connectivity index (χ1v) is 14.0. The zero-order valence-electron chi connectivity index (χ0n) is 23.1. The highest BCUT2D eigenvalue weighted by atomic mass is 19.3. The third-order valence-corrected chi connectivity index (χ3v) is 7.42. The van der Waals surface area contributed by atoms with Crippen molar-refractivity contribution in [2.24, 2.45) is 11.7 Å². The summed E-state index contributed by atoms with van der Waals surface area (Å²) in [5, 5.41) is 6.49. The predicted molar refractivity (Wildman–Crippen MR) is 150 cm³/mol. The molecule has 0 radical (unpaired) electrons. The summed E-state index contributed by atoms with van der Waals surface area (Å²) in [7, 11) is 0. The number of rotatable bonds is 9. The van der Waals surface area contributed by atoms with Gasteiger partial charge in [-0.3, -0.25) is 9.36 Å². The maximum absolute atomic E-state index is 14.1. The number of halogens is 2. The molecule has 1 aliphatic carbocycles. The highest BCUT2D eigenvalue weighted by molar-refractivity contribution is 5.78. The number of carbonyl (C=O) groups excluding carboxylic acids is 1. The first-order chi connectivity index (χ1) is 19.2. The molecule has 1 aliphatic heterocycles. The summed E-state index contributed by atoms with van der Waals surface area (Å²) in [4.78, 5) is 28.0. The lowest BCUT2D eigenvalue weighted by Gasteiger charge is -2.30. The van der Waals surface area contributed by atoms with Gasteiger partial charge in [0.25, 0.3) is 6.43 Å². The minimum absolute atomic E-state index is 0.00914. The number of hydrogen-bond acceptors (Lipinski definition) is 8. The van der Waals surface area contributed by atoms with Crippen LogP contribution in [0.15, 0.2) is 30.3 Å². The molecule has 0 unspecified atom stereocenters. The smallest absolute Gasteiger partial charge is 0.296 e. The van der Waals surface area contributed by atoms with Gasteiger partial charge in [-0.25, -0.2) is 13.8 Å². The van der Waals surface area contributed by atoms with E-state index in [1.54, 1.807) is 30.3 Å². The molecule has 0 atom stereocenters. The molecule has 40 heavy (non-hydrogen) atoms. The van der Waals surface area contributed by atoms with Crippen LogP contribution in [-0.4, -0.2) is 69.9 Å². The monoisotopic (exact) mass is 556 g/mol. The third kappa shape index (κ3) is 6.84. The lowest BCUT2D eigenvalue weighted by molar-refractivity contribution is -0.123. The molecule has 4 N–H and O–H groups in total. The van der Waals surface area contributed by atoms with E-state index in [1.807, 2.05) is 13.8 Å². The molecule has 0 spiro atoms. The van der Waals surface area contributed by atoms with Gasteiger partial charge in [0.15, 0.2) is 5.82 Å². The minimum Gasteiger partial charge on any atom is -0.378 e. The zero-order valence-corrected chi connectivity index (χ0v) is 23.1. The Bertz CT molecular complexity index is 1310. The Morgan fingerprint density at radius 3 is 2.50 bits per heavy atom. The lowest BCUT2D eigenvalue weighted by Crippen LogP contribution is -2.44. The standard InChI is InChI=1S/C28H38F2N8O2/c1-28(2,31)16-24(39)33-19-9-7-18(8-10-19)17-32-27-35-22(37-11-13-40-14-12-37)15-23(36-27)38-21-6-4-3-5-20(21)34-26(38)25(29)30/h3-6,15,18-19,25H,7-14,16-17,31H2,1-2H3,(H,33,39)(H,32,35,36). The van der Waals surface area contributed by atoms with Crippen LogP contribution in [0.3, 0.4) is 0 Å². The number of nitrogens with two attached hydrogens (primary N) is 1. The van der Waals surface area contributed by atoms with Crippen molar-refractivity contribution in [2.75, 3.05) is 43.1 Å². The fourth-order valence-electron chi connectivity index (χ4n) is 5.44. The minimum atomic E-state index is -2.77. The number of hydrogen-bond donors (Lipinski definition) is 3. The van der Waals surface area contributed by atoms with E-state index in [9.17, 15) is 13.6 Å². The molecular formula is C28H38F2N8O2. The number of amides is 1. The average Bonchev–Trinajstić information content (AvgIpc) is 3.32. The van der Waals surface area contributed by atoms with Crippen LogP contribution in [0, 0.1) is 5.92 Å². The van der Waals surface area contributed by atoms with Gasteiger partial charge in [0, 0.05) is 43.7 Å². The largest absolute Gasteiger partial charge is 0.378 e. The SMILES string of the molecule is CC(C)(N)CC(=O)NC1CCC(CNc2nc(N3CCOCC3)cc(-n3c(C(F)F)nc4ccccc43)n2)CC1. The summed E-state index contributed by atoms with van der Waals surface area (Å²) < 4.78 is 35.1. The van der Waals surface area contributed by atoms with Crippen LogP contribution in [-0.2, 0) is 9.53 Å². The van der Waals surface area contributed by atoms with Crippen molar-refractivity contribution in [1.29, 1.82) is 0 Å². The Kier molecular flexibility index (Phi) is 8.46. The molecule has 216 valence electrons. The molecule has 1 aromatic carbocycles. The third-order valence-electron chi connectivity index (χ3n) is 7.42. The summed E-state index contributed by atoms with van der Waals surface area (Å²) in [5.41, 5.74) is 6.49. The van der Waals surface area contributed by atoms with Crippen LogP contribution in [0.2, 0.25) is 0 Å². The number of alkyl halides is 2. The molecule has 3 heterocycles. The van der Waals surface area contributed by atoms with Gasteiger partial charge in [0.2, 0.25) is 11.9 Å². The van der Waals surface area contributed by atoms with Crippen LogP contribution in [0.25, 0.3) is 16.9 Å². The van der Waals surface area contributed by atoms with Crippen molar-refractivity contribution in [3.63, 3.8) is 0 Å². The van der Waals surface area contributed by atoms with E-state index in [0.29, 0.717) is 73.8 Å². The van der Waals surface area contributed by atoms with Gasteiger partial charge in [-0.05, 0) is 57.6 Å². The van der Waals surface area contributed by atoms with Crippen LogP contribution >= 0.6 is 0 Å². The van der Waals surface area contributed by atoms with Crippen molar-refractivity contribution in [3.05, 3.63) is 36.2 Å². The number of aromatic nitrogens is 4. The van der Waals surface area contributed by atoms with Gasteiger partial charge in [-0.2, -0.15) is 9.97 Å². The molecule has 0 bridgehead atoms. The number of carbonyl (C=O) groups is 1. The molecule has 1 saturated carbocycles. The molecule has 2 fully saturated rings. The van der Waals surface area contributed by atoms with Crippen molar-refractivity contribution < 1.29 is 18.3 Å². The molecule has 10 nitrogen and oxygen atoms in total. The van der Waals surface area contributed by atoms with Gasteiger partial charge in [-0.1, -0.05) is 12.1 Å². The van der Waals surface area contributed by atoms with E-state index in [1.165, 1.54) is 4.57 Å². The summed E-state index contributed by atoms with van der Waals surface area (Å²) in [6.07, 6.45) is 1.21. The predicted octanol–water partition coefficient (Wildman–Crippen LogP) is 3.80. The zero-order chi connectivity index (χ0) is 28.3. The Balaban J connectivity index is 1.33. The van der Waals surface area contributed by atoms with E-state index < -0.39 is 12.0 Å². The van der Waals surface area contributed by atoms with E-state index in [4.69, 9.17) is 15.5 Å². The van der Waals surface area contributed by atoms with Gasteiger partial charge < -0.3 is 26.0 Å². The Hall–Kier alpha value is -3.38. The summed E-state index contributed by atoms with van der Waals surface area (Å²) in [5.74, 6) is 1.41.